The van der Waals surface area contributed by atoms with Crippen LogP contribution in [0.2, 0.25) is 0 Å². The van der Waals surface area contributed by atoms with Crippen LogP contribution in [0.15, 0.2) is 77.2 Å². The minimum absolute atomic E-state index is 0.00567. The molecule has 22 nitrogen and oxygen atoms in total. The second-order valence-corrected chi connectivity index (χ2v) is 17.2. The van der Waals surface area contributed by atoms with Gasteiger partial charge in [-0.15, -0.1) is 30.6 Å². The van der Waals surface area contributed by atoms with Crippen molar-refractivity contribution in [1.29, 1.82) is 0 Å². The Bertz CT molecular complexity index is 2350. The number of thioether (sulfide) groups is 1. The van der Waals surface area contributed by atoms with E-state index in [2.05, 4.69) is 57.2 Å². The highest BCUT2D eigenvalue weighted by atomic mass is 32.2. The highest BCUT2D eigenvalue weighted by molar-refractivity contribution is 8.00. The van der Waals surface area contributed by atoms with Gasteiger partial charge < -0.3 is 55.7 Å². The first-order valence-electron chi connectivity index (χ1n) is 22.7. The van der Waals surface area contributed by atoms with E-state index in [-0.39, 0.29) is 96.9 Å². The number of phenols is 1. The van der Waals surface area contributed by atoms with E-state index >= 15 is 0 Å². The van der Waals surface area contributed by atoms with Crippen molar-refractivity contribution >= 4 is 52.9 Å². The quantitative estimate of drug-likeness (QED) is 0.0220. The summed E-state index contributed by atoms with van der Waals surface area (Å²) in [5.74, 6) is -0.281. The van der Waals surface area contributed by atoms with Crippen LogP contribution >= 0.6 is 11.8 Å². The minimum atomic E-state index is -1.24. The molecule has 2 aliphatic heterocycles. The van der Waals surface area contributed by atoms with Crippen LogP contribution in [0.5, 0.6) is 11.5 Å². The number of amides is 5. The molecular weight excluding hydrogens is 915 g/mol. The highest BCUT2D eigenvalue weighted by Gasteiger charge is 2.42. The number of hydrogen-bond donors (Lipinski definition) is 7. The Hall–Kier alpha value is -6.82. The van der Waals surface area contributed by atoms with Gasteiger partial charge in [-0.25, -0.2) is 9.59 Å². The third-order valence-corrected chi connectivity index (χ3v) is 12.3. The van der Waals surface area contributed by atoms with Crippen LogP contribution in [0, 0.1) is 0 Å². The number of carboxylic acids is 1. The van der Waals surface area contributed by atoms with E-state index in [1.807, 2.05) is 36.0 Å². The molecule has 2 saturated heterocycles. The molecule has 0 radical (unpaired) electrons. The Morgan fingerprint density at radius 2 is 1.33 bits per heavy atom. The van der Waals surface area contributed by atoms with Crippen molar-refractivity contribution in [3.05, 3.63) is 83.7 Å². The number of urea groups is 1. The maximum atomic E-state index is 12.5. The largest absolute Gasteiger partial charge is 0.508 e. The van der Waals surface area contributed by atoms with E-state index in [1.165, 1.54) is 36.7 Å². The Morgan fingerprint density at radius 3 is 2.06 bits per heavy atom. The van der Waals surface area contributed by atoms with Crippen molar-refractivity contribution in [1.82, 2.24) is 47.0 Å². The van der Waals surface area contributed by atoms with Crippen molar-refractivity contribution in [2.75, 3.05) is 58.5 Å². The number of unbranched alkanes of at least 4 members (excludes halogenated alkanes) is 1. The Labute approximate surface area is 402 Å². The molecule has 23 heteroatoms. The average molecular weight is 972 g/mol. The van der Waals surface area contributed by atoms with Gasteiger partial charge in [-0.3, -0.25) is 14.4 Å². The second-order valence-electron chi connectivity index (χ2n) is 15.9. The number of fused-ring (bicyclic) bond motifs is 1. The number of carboxylic acid groups (broad SMARTS) is 1. The smallest absolute Gasteiger partial charge is 0.337 e. The molecule has 6 rings (SSSR count). The third kappa shape index (κ3) is 17.7. The van der Waals surface area contributed by atoms with Gasteiger partial charge in [0.2, 0.25) is 23.5 Å². The van der Waals surface area contributed by atoms with Crippen LogP contribution in [0.1, 0.15) is 66.4 Å². The van der Waals surface area contributed by atoms with Crippen LogP contribution in [0.3, 0.4) is 0 Å². The van der Waals surface area contributed by atoms with Crippen molar-refractivity contribution < 1.29 is 53.1 Å². The number of benzene rings is 3. The van der Waals surface area contributed by atoms with Gasteiger partial charge in [0.15, 0.2) is 12.1 Å². The highest BCUT2D eigenvalue weighted by Crippen LogP contribution is 2.34. The van der Waals surface area contributed by atoms with Crippen LogP contribution in [-0.2, 0) is 41.7 Å². The van der Waals surface area contributed by atoms with E-state index in [4.69, 9.17) is 18.9 Å². The maximum Gasteiger partial charge on any atom is 0.337 e. The summed E-state index contributed by atoms with van der Waals surface area (Å²) in [6.07, 6.45) is 4.98. The summed E-state index contributed by atoms with van der Waals surface area (Å²) in [5.41, 5.74) is 2.32. The van der Waals surface area contributed by atoms with Crippen LogP contribution in [-0.4, -0.2) is 136 Å². The molecule has 0 unspecified atom stereocenters. The summed E-state index contributed by atoms with van der Waals surface area (Å²) in [6.45, 7) is 2.84. The number of carbonyl (C=O) groups excluding carboxylic acids is 4. The minimum Gasteiger partial charge on any atom is -0.508 e. The first kappa shape index (κ1) is 51.6. The van der Waals surface area contributed by atoms with Gasteiger partial charge in [0, 0.05) is 61.5 Å². The van der Waals surface area contributed by atoms with E-state index < -0.39 is 5.97 Å². The van der Waals surface area contributed by atoms with Gasteiger partial charge in [0.05, 0.1) is 57.3 Å². The number of aromatic hydroxyl groups is 1. The molecule has 0 bridgehead atoms. The predicted molar refractivity (Wildman–Crippen MR) is 251 cm³/mol. The van der Waals surface area contributed by atoms with Gasteiger partial charge in [-0.2, -0.15) is 11.8 Å². The Kier molecular flexibility index (Phi) is 20.8. The molecule has 7 N–H and O–H groups in total. The summed E-state index contributed by atoms with van der Waals surface area (Å²) in [6, 6.07) is 16.4. The molecule has 2 aliphatic rings. The van der Waals surface area contributed by atoms with Crippen molar-refractivity contribution in [3.63, 3.8) is 0 Å². The first-order chi connectivity index (χ1) is 33.6. The van der Waals surface area contributed by atoms with Gasteiger partial charge in [-0.1, -0.05) is 36.8 Å². The molecule has 3 aromatic carbocycles. The third-order valence-electron chi connectivity index (χ3n) is 10.8. The fourth-order valence-electron chi connectivity index (χ4n) is 7.22. The lowest BCUT2D eigenvalue weighted by atomic mass is 10.0. The summed E-state index contributed by atoms with van der Waals surface area (Å²) >= 11 is 1.88. The van der Waals surface area contributed by atoms with Crippen molar-refractivity contribution in [2.24, 2.45) is 10.2 Å². The number of nitrogens with one attached hydrogen (secondary N) is 5. The lowest BCUT2D eigenvalue weighted by molar-refractivity contribution is -0.123. The molecule has 1 aromatic heterocycles. The molecule has 3 heterocycles. The van der Waals surface area contributed by atoms with Crippen LogP contribution in [0.4, 0.5) is 16.2 Å². The second kappa shape index (κ2) is 27.9. The van der Waals surface area contributed by atoms with Gasteiger partial charge in [-0.05, 0) is 54.7 Å². The summed E-state index contributed by atoms with van der Waals surface area (Å²) in [4.78, 5) is 60.8. The normalized spacial score (nSPS) is 16.1. The number of hydrogen-bond acceptors (Lipinski definition) is 17. The molecule has 5 amide bonds. The van der Waals surface area contributed by atoms with E-state index in [9.17, 15) is 34.2 Å². The number of rotatable bonds is 30. The van der Waals surface area contributed by atoms with E-state index in [1.54, 1.807) is 6.07 Å². The number of carbonyl (C=O) groups is 5. The molecule has 0 aliphatic carbocycles. The zero-order valence-corrected chi connectivity index (χ0v) is 38.8. The van der Waals surface area contributed by atoms with Gasteiger partial charge in [0.25, 0.3) is 0 Å². The fraction of sp³-hybridized carbons (Fsp3) is 0.457. The topological polar surface area (TPSA) is 299 Å². The zero-order valence-electron chi connectivity index (χ0n) is 38.0. The molecule has 69 heavy (non-hydrogen) atoms. The molecular formula is C46H57N11O11S. The zero-order chi connectivity index (χ0) is 48.6. The number of aromatic carboxylic acids is 1. The molecule has 0 saturated carbocycles. The number of aromatic nitrogens is 4. The molecule has 4 aromatic rings. The monoisotopic (exact) mass is 971 g/mol. The van der Waals surface area contributed by atoms with E-state index in [0.717, 1.165) is 36.1 Å². The number of ether oxygens (including phenoxy) is 4. The number of nitrogens with zero attached hydrogens (tertiary/aromatic N) is 6. The Morgan fingerprint density at radius 1 is 0.710 bits per heavy atom. The molecule has 368 valence electrons. The maximum absolute atomic E-state index is 12.5. The lowest BCUT2D eigenvalue weighted by Crippen LogP contribution is -2.36. The SMILES string of the molecule is O=C(CCCC[C@@H]1SC[C@@H]2NC(=O)N[C@@H]21)NCCOCCOCCOCCOc1cc(O)ccc1N=Nc1ccc(CNC(=O)CCCC(=O)NCc2ccc(-c3nncnn3)cc2)cc1C(=O)O. The summed E-state index contributed by atoms with van der Waals surface area (Å²) < 4.78 is 22.4. The number of azo groups is 1. The Balaban J connectivity index is 0.793. The van der Waals surface area contributed by atoms with Crippen LogP contribution < -0.4 is 31.3 Å². The molecule has 2 fully saturated rings. The van der Waals surface area contributed by atoms with Gasteiger partial charge in [0.1, 0.15) is 23.7 Å². The fourth-order valence-corrected chi connectivity index (χ4v) is 8.76. The predicted octanol–water partition coefficient (Wildman–Crippen LogP) is 4.13. The van der Waals surface area contributed by atoms with Gasteiger partial charge >= 0.3 is 12.0 Å². The molecule has 3 atom stereocenters. The summed E-state index contributed by atoms with van der Waals surface area (Å²) in [5, 5.41) is 58.4. The van der Waals surface area contributed by atoms with Crippen molar-refractivity contribution in [3.8, 4) is 22.9 Å². The lowest BCUT2D eigenvalue weighted by Gasteiger charge is -2.16. The first-order valence-corrected chi connectivity index (χ1v) is 23.7. The van der Waals surface area contributed by atoms with E-state index in [0.29, 0.717) is 75.6 Å². The number of phenolic OH excluding ortho intramolecular Hbond substituents is 1. The standard InChI is InChI=1S/C46H57N11O11S/c58-33-13-15-36(38(25-33)68-23-22-67-21-20-66-19-18-65-17-16-47-40(59)5-2-1-4-39-43-37(28-69-39)52-46(64)53-43)55-54-35-14-10-31(24-34(35)45(62)63)27-49-42(61)7-3-6-41(60)48-26-30-8-11-32(12-9-30)44-56-50-29-51-57-44/h8-15,24-25,29,37,39,43,58H,1-7,16-23,26-28H2,(H,47,59)(H,48,60)(H,49,61)(H,62,63)(H2,52,53,64)/t37-,39-,43-/m0/s1. The van der Waals surface area contributed by atoms with Crippen molar-refractivity contribution in [2.45, 2.75) is 75.4 Å². The molecule has 0 spiro atoms. The summed E-state index contributed by atoms with van der Waals surface area (Å²) in [7, 11) is 0. The van der Waals surface area contributed by atoms with Crippen LogP contribution in [0.25, 0.3) is 11.4 Å². The average Bonchev–Trinajstić information content (AvgIpc) is 3.92.